The number of rotatable bonds is 10. The van der Waals surface area contributed by atoms with Gasteiger partial charge in [0.05, 0.1) is 19.9 Å². The molecule has 0 bridgehead atoms. The molecular weight excluding hydrogens is 555 g/mol. The topological polar surface area (TPSA) is 107 Å². The average molecular weight is 589 g/mol. The van der Waals surface area contributed by atoms with Crippen molar-refractivity contribution in [2.45, 2.75) is 44.3 Å². The number of nitrogen functional groups attached to an aromatic ring is 1. The summed E-state index contributed by atoms with van der Waals surface area (Å²) >= 11 is 0.960. The lowest BCUT2D eigenvalue weighted by molar-refractivity contribution is -0.126. The predicted molar refractivity (Wildman–Crippen MR) is 161 cm³/mol. The van der Waals surface area contributed by atoms with Crippen molar-refractivity contribution >= 4 is 29.0 Å². The average Bonchev–Trinajstić information content (AvgIpc) is 3.67. The zero-order valence-electron chi connectivity index (χ0n) is 23.5. The number of aromatic nitrogens is 1. The Hall–Kier alpha value is -4.44. The lowest BCUT2D eigenvalue weighted by atomic mass is 10.0. The summed E-state index contributed by atoms with van der Waals surface area (Å²) in [5, 5.41) is 3.18. The Morgan fingerprint density at radius 1 is 0.976 bits per heavy atom. The standard InChI is InChI=1S/C32H33FN4O4S/c1-40-25-15-7-20(8-16-25)19-37(32(39)30-27(34)28(36-42-30)21-9-13-23(33)14-10-21)29(22-11-17-26(41-2)18-12-22)31(38)35-24-5-3-4-6-24/h7-18,24,29H,3-6,19,34H2,1-2H3,(H,35,38)/t29-/m1/s1. The smallest absolute Gasteiger partial charge is 0.268 e. The number of nitrogens with two attached hydrogens (primary N) is 1. The minimum absolute atomic E-state index is 0.0507. The molecule has 42 heavy (non-hydrogen) atoms. The van der Waals surface area contributed by atoms with Crippen LogP contribution in [0.4, 0.5) is 10.1 Å². The van der Waals surface area contributed by atoms with Crippen molar-refractivity contribution in [2.75, 3.05) is 20.0 Å². The fourth-order valence-electron chi connectivity index (χ4n) is 5.22. The highest BCUT2D eigenvalue weighted by molar-refractivity contribution is 7.09. The van der Waals surface area contributed by atoms with Crippen molar-refractivity contribution in [2.24, 2.45) is 0 Å². The first-order valence-electron chi connectivity index (χ1n) is 13.8. The largest absolute Gasteiger partial charge is 0.497 e. The van der Waals surface area contributed by atoms with Crippen LogP contribution >= 0.6 is 11.5 Å². The van der Waals surface area contributed by atoms with E-state index in [1.165, 1.54) is 17.0 Å². The van der Waals surface area contributed by atoms with Crippen molar-refractivity contribution in [3.8, 4) is 22.8 Å². The van der Waals surface area contributed by atoms with Gasteiger partial charge >= 0.3 is 0 Å². The quantitative estimate of drug-likeness (QED) is 0.236. The number of hydrogen-bond acceptors (Lipinski definition) is 7. The molecule has 3 aromatic carbocycles. The van der Waals surface area contributed by atoms with Gasteiger partial charge in [0.15, 0.2) is 0 Å². The summed E-state index contributed by atoms with van der Waals surface area (Å²) in [5.41, 5.74) is 9.11. The highest BCUT2D eigenvalue weighted by atomic mass is 32.1. The van der Waals surface area contributed by atoms with Crippen LogP contribution in [-0.4, -0.2) is 41.3 Å². The summed E-state index contributed by atoms with van der Waals surface area (Å²) in [7, 11) is 3.16. The fraction of sp³-hybridized carbons (Fsp3) is 0.281. The summed E-state index contributed by atoms with van der Waals surface area (Å²) in [5.74, 6) is 0.229. The van der Waals surface area contributed by atoms with E-state index in [0.717, 1.165) is 42.8 Å². The lowest BCUT2D eigenvalue weighted by Gasteiger charge is -2.32. The van der Waals surface area contributed by atoms with E-state index in [1.807, 2.05) is 24.3 Å². The van der Waals surface area contributed by atoms with Crippen LogP contribution in [0, 0.1) is 5.82 Å². The Bertz CT molecular complexity index is 1520. The lowest BCUT2D eigenvalue weighted by Crippen LogP contribution is -2.45. The van der Waals surface area contributed by atoms with Gasteiger partial charge in [0, 0.05) is 18.2 Å². The van der Waals surface area contributed by atoms with Crippen LogP contribution in [0.1, 0.15) is 52.5 Å². The number of nitrogens with zero attached hydrogens (tertiary/aromatic N) is 2. The number of halogens is 1. The molecule has 5 rings (SSSR count). The van der Waals surface area contributed by atoms with Gasteiger partial charge in [0.2, 0.25) is 5.91 Å². The van der Waals surface area contributed by atoms with Crippen LogP contribution in [0.25, 0.3) is 11.3 Å². The second-order valence-corrected chi connectivity index (χ2v) is 11.0. The van der Waals surface area contributed by atoms with Crippen molar-refractivity contribution in [1.29, 1.82) is 0 Å². The zero-order chi connectivity index (χ0) is 29.6. The molecule has 1 aliphatic rings. The molecule has 0 saturated heterocycles. The van der Waals surface area contributed by atoms with E-state index < -0.39 is 11.9 Å². The van der Waals surface area contributed by atoms with Gasteiger partial charge in [-0.25, -0.2) is 4.39 Å². The second-order valence-electron chi connectivity index (χ2n) is 10.2. The number of benzene rings is 3. The van der Waals surface area contributed by atoms with Crippen molar-refractivity contribution in [1.82, 2.24) is 14.6 Å². The third-order valence-electron chi connectivity index (χ3n) is 7.51. The Balaban J connectivity index is 1.57. The van der Waals surface area contributed by atoms with Crippen LogP contribution in [0.5, 0.6) is 11.5 Å². The highest BCUT2D eigenvalue weighted by Gasteiger charge is 2.36. The number of amides is 2. The molecule has 1 aromatic heterocycles. The molecule has 1 aliphatic carbocycles. The van der Waals surface area contributed by atoms with Crippen LogP contribution in [0.2, 0.25) is 0 Å². The highest BCUT2D eigenvalue weighted by Crippen LogP contribution is 2.35. The number of hydrogen-bond donors (Lipinski definition) is 2. The maximum Gasteiger partial charge on any atom is 0.268 e. The van der Waals surface area contributed by atoms with Gasteiger partial charge in [0.25, 0.3) is 5.91 Å². The molecule has 2 amide bonds. The summed E-state index contributed by atoms with van der Waals surface area (Å²) in [4.78, 5) is 30.2. The third kappa shape index (κ3) is 6.38. The molecule has 218 valence electrons. The van der Waals surface area contributed by atoms with E-state index in [4.69, 9.17) is 15.2 Å². The maximum atomic E-state index is 14.4. The molecule has 1 fully saturated rings. The minimum Gasteiger partial charge on any atom is -0.497 e. The van der Waals surface area contributed by atoms with E-state index >= 15 is 0 Å². The molecule has 10 heteroatoms. The maximum absolute atomic E-state index is 14.4. The Labute approximate surface area is 248 Å². The van der Waals surface area contributed by atoms with Crippen molar-refractivity contribution in [3.05, 3.63) is 94.6 Å². The summed E-state index contributed by atoms with van der Waals surface area (Å²) in [6.07, 6.45) is 3.90. The van der Waals surface area contributed by atoms with Crippen LogP contribution in [-0.2, 0) is 11.3 Å². The fourth-order valence-corrected chi connectivity index (χ4v) is 5.99. The van der Waals surface area contributed by atoms with E-state index in [-0.39, 0.29) is 34.9 Å². The van der Waals surface area contributed by atoms with E-state index in [9.17, 15) is 14.0 Å². The molecule has 0 unspecified atom stereocenters. The summed E-state index contributed by atoms with van der Waals surface area (Å²) in [6, 6.07) is 19.4. The zero-order valence-corrected chi connectivity index (χ0v) is 24.3. The second kappa shape index (κ2) is 13.0. The predicted octanol–water partition coefficient (Wildman–Crippen LogP) is 5.99. The number of anilines is 1. The SMILES string of the molecule is COc1ccc(CN(C(=O)c2snc(-c3ccc(F)cc3)c2N)[C@@H](C(=O)NC2CCCC2)c2ccc(OC)cc2)cc1. The van der Waals surface area contributed by atoms with E-state index in [1.54, 1.807) is 50.6 Å². The van der Waals surface area contributed by atoms with Gasteiger partial charge in [-0.05, 0) is 84.0 Å². The molecule has 8 nitrogen and oxygen atoms in total. The minimum atomic E-state index is -0.957. The first-order chi connectivity index (χ1) is 20.4. The van der Waals surface area contributed by atoms with Crippen LogP contribution in [0.3, 0.4) is 0 Å². The molecule has 1 saturated carbocycles. The molecular formula is C32H33FN4O4S. The Kier molecular flexibility index (Phi) is 9.02. The van der Waals surface area contributed by atoms with Gasteiger partial charge < -0.3 is 25.4 Å². The summed E-state index contributed by atoms with van der Waals surface area (Å²) in [6.45, 7) is 0.126. The Morgan fingerprint density at radius 3 is 2.17 bits per heavy atom. The monoisotopic (exact) mass is 588 g/mol. The van der Waals surface area contributed by atoms with Crippen LogP contribution < -0.4 is 20.5 Å². The van der Waals surface area contributed by atoms with Gasteiger partial charge in [-0.1, -0.05) is 37.1 Å². The number of methoxy groups -OCH3 is 2. The normalized spacial score (nSPS) is 13.9. The number of ether oxygens (including phenoxy) is 2. The molecule has 0 spiro atoms. The van der Waals surface area contributed by atoms with E-state index in [2.05, 4.69) is 9.69 Å². The number of carbonyl (C=O) groups excluding carboxylic acids is 2. The number of nitrogens with one attached hydrogen (secondary N) is 1. The van der Waals surface area contributed by atoms with Gasteiger partial charge in [-0.15, -0.1) is 0 Å². The molecule has 4 aromatic rings. The van der Waals surface area contributed by atoms with Gasteiger partial charge in [-0.3, -0.25) is 9.59 Å². The molecule has 3 N–H and O–H groups in total. The van der Waals surface area contributed by atoms with Gasteiger partial charge in [0.1, 0.15) is 33.9 Å². The van der Waals surface area contributed by atoms with Gasteiger partial charge in [-0.2, -0.15) is 4.37 Å². The third-order valence-corrected chi connectivity index (χ3v) is 8.36. The first-order valence-corrected chi connectivity index (χ1v) is 14.5. The number of carbonyl (C=O) groups is 2. The molecule has 0 radical (unpaired) electrons. The van der Waals surface area contributed by atoms with E-state index in [0.29, 0.717) is 28.3 Å². The Morgan fingerprint density at radius 2 is 1.57 bits per heavy atom. The molecule has 0 aliphatic heterocycles. The van der Waals surface area contributed by atoms with Crippen LogP contribution in [0.15, 0.2) is 72.8 Å². The van der Waals surface area contributed by atoms with Crippen molar-refractivity contribution in [3.63, 3.8) is 0 Å². The first kappa shape index (κ1) is 29.1. The molecule has 1 heterocycles. The summed E-state index contributed by atoms with van der Waals surface area (Å²) < 4.78 is 28.6. The van der Waals surface area contributed by atoms with Crippen molar-refractivity contribution < 1.29 is 23.5 Å². The molecule has 1 atom stereocenters.